The number of ether oxygens (including phenoxy) is 2. The first-order chi connectivity index (χ1) is 13.4. The van der Waals surface area contributed by atoms with Crippen LogP contribution in [0, 0.1) is 0 Å². The zero-order valence-electron chi connectivity index (χ0n) is 15.5. The number of halogens is 1. The van der Waals surface area contributed by atoms with E-state index in [-0.39, 0.29) is 18.4 Å². The molecule has 0 saturated carbocycles. The van der Waals surface area contributed by atoms with E-state index in [4.69, 9.17) is 4.74 Å². The number of hydrogen-bond acceptors (Lipinski definition) is 5. The van der Waals surface area contributed by atoms with Crippen molar-refractivity contribution in [2.75, 3.05) is 30.5 Å². The van der Waals surface area contributed by atoms with E-state index >= 15 is 0 Å². The Balaban J connectivity index is 1.60. The molecule has 0 fully saturated rings. The van der Waals surface area contributed by atoms with Gasteiger partial charge in [0.1, 0.15) is 5.75 Å². The van der Waals surface area contributed by atoms with Gasteiger partial charge in [-0.3, -0.25) is 9.59 Å². The Morgan fingerprint density at radius 1 is 1.18 bits per heavy atom. The Morgan fingerprint density at radius 2 is 1.96 bits per heavy atom. The molecule has 2 aromatic rings. The van der Waals surface area contributed by atoms with Crippen molar-refractivity contribution in [3.05, 3.63) is 52.0 Å². The van der Waals surface area contributed by atoms with Crippen LogP contribution >= 0.6 is 15.9 Å². The number of benzene rings is 2. The Labute approximate surface area is 170 Å². The lowest BCUT2D eigenvalue weighted by Crippen LogP contribution is -2.25. The number of carbonyl (C=O) groups is 3. The van der Waals surface area contributed by atoms with E-state index < -0.39 is 5.97 Å². The summed E-state index contributed by atoms with van der Waals surface area (Å²) in [5.41, 5.74) is 2.94. The van der Waals surface area contributed by atoms with Crippen molar-refractivity contribution in [2.45, 2.75) is 13.3 Å². The number of amides is 2. The number of carbonyl (C=O) groups excluding carboxylic acids is 3. The lowest BCUT2D eigenvalue weighted by Gasteiger charge is -2.15. The minimum atomic E-state index is -0.454. The highest BCUT2D eigenvalue weighted by Gasteiger charge is 2.22. The molecule has 1 aliphatic rings. The highest BCUT2D eigenvalue weighted by molar-refractivity contribution is 9.10. The number of fused-ring (bicyclic) bond motifs is 1. The van der Waals surface area contributed by atoms with Crippen molar-refractivity contribution in [1.29, 1.82) is 0 Å². The van der Waals surface area contributed by atoms with Crippen molar-refractivity contribution in [1.82, 2.24) is 0 Å². The lowest BCUT2D eigenvalue weighted by atomic mass is 10.1. The molecule has 0 aliphatic carbocycles. The summed E-state index contributed by atoms with van der Waals surface area (Å²) in [4.78, 5) is 37.0. The van der Waals surface area contributed by atoms with Crippen molar-refractivity contribution < 1.29 is 23.9 Å². The predicted molar refractivity (Wildman–Crippen MR) is 108 cm³/mol. The molecule has 0 radical (unpaired) electrons. The summed E-state index contributed by atoms with van der Waals surface area (Å²) in [6, 6.07) is 10.2. The first-order valence-electron chi connectivity index (χ1n) is 8.60. The molecule has 0 unspecified atom stereocenters. The number of esters is 1. The number of nitrogens with zero attached hydrogens (tertiary/aromatic N) is 1. The van der Waals surface area contributed by atoms with Gasteiger partial charge < -0.3 is 19.7 Å². The normalized spacial score (nSPS) is 12.3. The molecule has 0 aromatic heterocycles. The molecule has 2 amide bonds. The van der Waals surface area contributed by atoms with E-state index in [1.54, 1.807) is 29.2 Å². The van der Waals surface area contributed by atoms with Crippen LogP contribution in [0.2, 0.25) is 0 Å². The van der Waals surface area contributed by atoms with Crippen molar-refractivity contribution in [3.8, 4) is 5.75 Å². The molecule has 2 aromatic carbocycles. The van der Waals surface area contributed by atoms with Crippen LogP contribution in [0.15, 0.2) is 40.9 Å². The average Bonchev–Trinajstić information content (AvgIpc) is 3.09. The van der Waals surface area contributed by atoms with Crippen LogP contribution in [-0.4, -0.2) is 38.0 Å². The summed E-state index contributed by atoms with van der Waals surface area (Å²) in [5.74, 6) is -0.322. The average molecular weight is 447 g/mol. The second kappa shape index (κ2) is 8.43. The fraction of sp³-hybridized carbons (Fsp3) is 0.250. The maximum absolute atomic E-state index is 12.2. The van der Waals surface area contributed by atoms with Crippen molar-refractivity contribution in [3.63, 3.8) is 0 Å². The molecule has 0 bridgehead atoms. The highest BCUT2D eigenvalue weighted by Crippen LogP contribution is 2.30. The summed E-state index contributed by atoms with van der Waals surface area (Å²) in [6.07, 6.45) is 0.759. The summed E-state index contributed by atoms with van der Waals surface area (Å²) in [6.45, 7) is 2.01. The zero-order chi connectivity index (χ0) is 20.3. The molecule has 1 aliphatic heterocycles. The number of anilines is 2. The SMILES string of the molecule is COC(=O)c1ccc(OCC(=O)Nc2ccc3c(c2)CCN3C(C)=O)c(Br)c1. The fourth-order valence-electron chi connectivity index (χ4n) is 3.01. The first kappa shape index (κ1) is 19.9. The van der Waals surface area contributed by atoms with Gasteiger partial charge in [-0.1, -0.05) is 0 Å². The standard InChI is InChI=1S/C20H19BrN2O5/c1-12(24)23-8-7-13-9-15(4-5-17(13)23)22-19(25)11-28-18-6-3-14(10-16(18)21)20(26)27-2/h3-6,9-10H,7-8,11H2,1-2H3,(H,22,25). The van der Waals surface area contributed by atoms with Crippen molar-refractivity contribution in [2.24, 2.45) is 0 Å². The fourth-order valence-corrected chi connectivity index (χ4v) is 3.50. The van der Waals surface area contributed by atoms with Gasteiger partial charge in [0, 0.05) is 24.8 Å². The number of nitrogens with one attached hydrogen (secondary N) is 1. The van der Waals surface area contributed by atoms with Crippen LogP contribution < -0.4 is 15.0 Å². The maximum Gasteiger partial charge on any atom is 0.337 e. The van der Waals surface area contributed by atoms with E-state index in [2.05, 4.69) is 26.0 Å². The van der Waals surface area contributed by atoms with Gasteiger partial charge in [-0.25, -0.2) is 4.79 Å². The van der Waals surface area contributed by atoms with Crippen LogP contribution in [0.25, 0.3) is 0 Å². The highest BCUT2D eigenvalue weighted by atomic mass is 79.9. The van der Waals surface area contributed by atoms with Gasteiger partial charge >= 0.3 is 5.97 Å². The van der Waals surface area contributed by atoms with E-state index in [1.165, 1.54) is 14.0 Å². The second-order valence-electron chi connectivity index (χ2n) is 6.24. The van der Waals surface area contributed by atoms with Gasteiger partial charge in [-0.2, -0.15) is 0 Å². The smallest absolute Gasteiger partial charge is 0.337 e. The Bertz CT molecular complexity index is 944. The molecule has 3 rings (SSSR count). The third kappa shape index (κ3) is 4.33. The molecule has 146 valence electrons. The summed E-state index contributed by atoms with van der Waals surface area (Å²) < 4.78 is 10.7. The van der Waals surface area contributed by atoms with Gasteiger partial charge in [0.25, 0.3) is 5.91 Å². The summed E-state index contributed by atoms with van der Waals surface area (Å²) >= 11 is 3.32. The Hall–Kier alpha value is -2.87. The monoisotopic (exact) mass is 446 g/mol. The van der Waals surface area contributed by atoms with Gasteiger partial charge in [-0.15, -0.1) is 0 Å². The summed E-state index contributed by atoms with van der Waals surface area (Å²) in [5, 5.41) is 2.79. The molecule has 28 heavy (non-hydrogen) atoms. The van der Waals surface area contributed by atoms with Gasteiger partial charge in [0.05, 0.1) is 17.1 Å². The minimum Gasteiger partial charge on any atom is -0.483 e. The van der Waals surface area contributed by atoms with E-state index in [0.717, 1.165) is 17.7 Å². The first-order valence-corrected chi connectivity index (χ1v) is 9.40. The molecule has 0 spiro atoms. The van der Waals surface area contributed by atoms with Gasteiger partial charge in [0.2, 0.25) is 5.91 Å². The van der Waals surface area contributed by atoms with E-state index in [9.17, 15) is 14.4 Å². The third-order valence-electron chi connectivity index (χ3n) is 4.35. The molecule has 0 atom stereocenters. The number of rotatable bonds is 5. The van der Waals surface area contributed by atoms with Crippen molar-refractivity contribution >= 4 is 45.1 Å². The number of hydrogen-bond donors (Lipinski definition) is 1. The topological polar surface area (TPSA) is 84.9 Å². The van der Waals surface area contributed by atoms with Crippen LogP contribution in [-0.2, 0) is 20.7 Å². The molecular weight excluding hydrogens is 428 g/mol. The van der Waals surface area contributed by atoms with Crippen LogP contribution in [0.4, 0.5) is 11.4 Å². The van der Waals surface area contributed by atoms with Crippen LogP contribution in [0.3, 0.4) is 0 Å². The molecule has 0 saturated heterocycles. The molecule has 8 heteroatoms. The summed E-state index contributed by atoms with van der Waals surface area (Å²) in [7, 11) is 1.31. The molecular formula is C20H19BrN2O5. The maximum atomic E-state index is 12.2. The molecule has 1 heterocycles. The van der Waals surface area contributed by atoms with Gasteiger partial charge in [0.15, 0.2) is 6.61 Å². The minimum absolute atomic E-state index is 0.00716. The second-order valence-corrected chi connectivity index (χ2v) is 7.09. The van der Waals surface area contributed by atoms with Crippen LogP contribution in [0.1, 0.15) is 22.8 Å². The lowest BCUT2D eigenvalue weighted by molar-refractivity contribution is -0.118. The quantitative estimate of drug-likeness (QED) is 0.712. The largest absolute Gasteiger partial charge is 0.483 e. The molecule has 1 N–H and O–H groups in total. The van der Waals surface area contributed by atoms with Gasteiger partial charge in [-0.05, 0) is 64.3 Å². The third-order valence-corrected chi connectivity index (χ3v) is 4.97. The Morgan fingerprint density at radius 3 is 2.64 bits per heavy atom. The zero-order valence-corrected chi connectivity index (χ0v) is 17.0. The van der Waals surface area contributed by atoms with E-state index in [1.807, 2.05) is 12.1 Å². The Kier molecular flexibility index (Phi) is 5.99. The van der Waals surface area contributed by atoms with Crippen LogP contribution in [0.5, 0.6) is 5.75 Å². The predicted octanol–water partition coefficient (Wildman–Crippen LogP) is 3.16. The number of methoxy groups -OCH3 is 1. The van der Waals surface area contributed by atoms with E-state index in [0.29, 0.717) is 28.0 Å². The molecule has 7 nitrogen and oxygen atoms in total.